The Kier molecular flexibility index (Phi) is 6.63. The van der Waals surface area contributed by atoms with E-state index >= 15 is 0 Å². The molecule has 4 aromatic rings. The summed E-state index contributed by atoms with van der Waals surface area (Å²) in [6.07, 6.45) is -2.08. The summed E-state index contributed by atoms with van der Waals surface area (Å²) in [5.74, 6) is 0.526. The third kappa shape index (κ3) is 6.13. The van der Waals surface area contributed by atoms with E-state index in [1.54, 1.807) is 12.3 Å². The SMILES string of the molecule is O=C(Cc1cccc(Cc2nccc(-c3ccccc3)n2)c1)Cc1cccc(C(F)(F)F)c1. The predicted octanol–water partition coefficient (Wildman–Crippen LogP) is 6.11. The zero-order valence-electron chi connectivity index (χ0n) is 17.7. The fourth-order valence-electron chi connectivity index (χ4n) is 3.66. The van der Waals surface area contributed by atoms with Gasteiger partial charge in [0.05, 0.1) is 11.3 Å². The van der Waals surface area contributed by atoms with Crippen molar-refractivity contribution in [2.75, 3.05) is 0 Å². The summed E-state index contributed by atoms with van der Waals surface area (Å²) in [6, 6.07) is 24.2. The number of nitrogens with zero attached hydrogens (tertiary/aromatic N) is 2. The number of halogens is 3. The van der Waals surface area contributed by atoms with Gasteiger partial charge in [-0.1, -0.05) is 72.8 Å². The predicted molar refractivity (Wildman–Crippen MR) is 121 cm³/mol. The van der Waals surface area contributed by atoms with Gasteiger partial charge in [-0.2, -0.15) is 13.2 Å². The quantitative estimate of drug-likeness (QED) is 0.344. The summed E-state index contributed by atoms with van der Waals surface area (Å²) in [5.41, 5.74) is 3.24. The molecule has 0 radical (unpaired) electrons. The highest BCUT2D eigenvalue weighted by atomic mass is 19.4. The van der Waals surface area contributed by atoms with Crippen molar-refractivity contribution in [1.29, 1.82) is 0 Å². The van der Waals surface area contributed by atoms with Gasteiger partial charge in [-0.3, -0.25) is 4.79 Å². The molecule has 3 nitrogen and oxygen atoms in total. The summed E-state index contributed by atoms with van der Waals surface area (Å²) in [5, 5.41) is 0. The van der Waals surface area contributed by atoms with Crippen molar-refractivity contribution in [3.05, 3.63) is 119 Å². The summed E-state index contributed by atoms with van der Waals surface area (Å²) in [4.78, 5) is 21.5. The van der Waals surface area contributed by atoms with Crippen LogP contribution < -0.4 is 0 Å². The van der Waals surface area contributed by atoms with Crippen LogP contribution in [0.5, 0.6) is 0 Å². The molecule has 166 valence electrons. The molecule has 0 spiro atoms. The van der Waals surface area contributed by atoms with Gasteiger partial charge in [0, 0.05) is 31.0 Å². The van der Waals surface area contributed by atoms with Crippen LogP contribution in [-0.4, -0.2) is 15.8 Å². The van der Waals surface area contributed by atoms with E-state index in [0.29, 0.717) is 17.8 Å². The van der Waals surface area contributed by atoms with Crippen LogP contribution in [-0.2, 0) is 30.2 Å². The summed E-state index contributed by atoms with van der Waals surface area (Å²) in [7, 11) is 0. The van der Waals surface area contributed by atoms with Crippen LogP contribution in [0.4, 0.5) is 13.2 Å². The number of carbonyl (C=O) groups excluding carboxylic acids is 1. The van der Waals surface area contributed by atoms with E-state index in [2.05, 4.69) is 9.97 Å². The maximum Gasteiger partial charge on any atom is 0.416 e. The lowest BCUT2D eigenvalue weighted by atomic mass is 9.99. The van der Waals surface area contributed by atoms with E-state index in [0.717, 1.165) is 34.5 Å². The molecule has 0 unspecified atom stereocenters. The van der Waals surface area contributed by atoms with Gasteiger partial charge >= 0.3 is 6.18 Å². The van der Waals surface area contributed by atoms with Crippen molar-refractivity contribution in [3.8, 4) is 11.3 Å². The maximum atomic E-state index is 12.9. The molecule has 4 rings (SSSR count). The lowest BCUT2D eigenvalue weighted by molar-refractivity contribution is -0.137. The number of carbonyl (C=O) groups is 1. The molecule has 0 saturated heterocycles. The van der Waals surface area contributed by atoms with Crippen LogP contribution in [0.1, 0.15) is 28.1 Å². The number of hydrogen-bond donors (Lipinski definition) is 0. The molecular formula is C27H21F3N2O. The van der Waals surface area contributed by atoms with Crippen molar-refractivity contribution in [3.63, 3.8) is 0 Å². The standard InChI is InChI=1S/C27H21F3N2O/c28-27(29,30)23-11-5-8-21(15-23)17-24(33)16-19-6-4-7-20(14-19)18-26-31-13-12-25(32-26)22-9-2-1-3-10-22/h1-15H,16-18H2. The Bertz CT molecular complexity index is 1250. The average Bonchev–Trinajstić information content (AvgIpc) is 2.80. The molecular weight excluding hydrogens is 425 g/mol. The molecule has 0 amide bonds. The normalized spacial score (nSPS) is 11.4. The van der Waals surface area contributed by atoms with Gasteiger partial charge in [-0.15, -0.1) is 0 Å². The van der Waals surface area contributed by atoms with E-state index in [1.165, 1.54) is 6.07 Å². The van der Waals surface area contributed by atoms with Crippen molar-refractivity contribution in [1.82, 2.24) is 9.97 Å². The third-order valence-corrected chi connectivity index (χ3v) is 5.19. The number of ketones is 1. The Morgan fingerprint density at radius 3 is 2.15 bits per heavy atom. The van der Waals surface area contributed by atoms with Crippen molar-refractivity contribution in [2.24, 2.45) is 0 Å². The smallest absolute Gasteiger partial charge is 0.299 e. The van der Waals surface area contributed by atoms with E-state index in [1.807, 2.05) is 60.7 Å². The van der Waals surface area contributed by atoms with E-state index in [9.17, 15) is 18.0 Å². The summed E-state index contributed by atoms with van der Waals surface area (Å²) >= 11 is 0. The lowest BCUT2D eigenvalue weighted by Gasteiger charge is -2.09. The minimum Gasteiger partial charge on any atom is -0.299 e. The first-order chi connectivity index (χ1) is 15.9. The number of hydrogen-bond acceptors (Lipinski definition) is 3. The third-order valence-electron chi connectivity index (χ3n) is 5.19. The number of alkyl halides is 3. The Hall–Kier alpha value is -3.80. The first-order valence-electron chi connectivity index (χ1n) is 10.5. The number of benzene rings is 3. The van der Waals surface area contributed by atoms with Gasteiger partial charge in [-0.05, 0) is 28.8 Å². The zero-order chi connectivity index (χ0) is 23.3. The van der Waals surface area contributed by atoms with Crippen LogP contribution in [0.3, 0.4) is 0 Å². The topological polar surface area (TPSA) is 42.9 Å². The monoisotopic (exact) mass is 446 g/mol. The average molecular weight is 446 g/mol. The van der Waals surface area contributed by atoms with Crippen LogP contribution >= 0.6 is 0 Å². The van der Waals surface area contributed by atoms with Gasteiger partial charge in [-0.25, -0.2) is 9.97 Å². The second kappa shape index (κ2) is 9.77. The minimum atomic E-state index is -4.42. The lowest BCUT2D eigenvalue weighted by Crippen LogP contribution is -2.09. The molecule has 33 heavy (non-hydrogen) atoms. The van der Waals surface area contributed by atoms with E-state index < -0.39 is 11.7 Å². The summed E-state index contributed by atoms with van der Waals surface area (Å²) in [6.45, 7) is 0. The van der Waals surface area contributed by atoms with Crippen molar-refractivity contribution in [2.45, 2.75) is 25.4 Å². The molecule has 0 N–H and O–H groups in total. The van der Waals surface area contributed by atoms with Crippen LogP contribution in [0.15, 0.2) is 91.1 Å². The molecule has 6 heteroatoms. The van der Waals surface area contributed by atoms with Crippen molar-refractivity contribution < 1.29 is 18.0 Å². The fraction of sp³-hybridized carbons (Fsp3) is 0.148. The van der Waals surface area contributed by atoms with Crippen LogP contribution in [0, 0.1) is 0 Å². The number of rotatable bonds is 7. The zero-order valence-corrected chi connectivity index (χ0v) is 17.7. The van der Waals surface area contributed by atoms with Crippen molar-refractivity contribution >= 4 is 5.78 Å². The highest BCUT2D eigenvalue weighted by Crippen LogP contribution is 2.29. The molecule has 0 bridgehead atoms. The molecule has 0 fully saturated rings. The van der Waals surface area contributed by atoms with E-state index in [-0.39, 0.29) is 18.6 Å². The highest BCUT2D eigenvalue weighted by Gasteiger charge is 2.30. The molecule has 0 aliphatic heterocycles. The Morgan fingerprint density at radius 2 is 1.42 bits per heavy atom. The first-order valence-corrected chi connectivity index (χ1v) is 10.5. The molecule has 1 aromatic heterocycles. The Morgan fingerprint density at radius 1 is 0.758 bits per heavy atom. The number of aromatic nitrogens is 2. The molecule has 0 aliphatic carbocycles. The van der Waals surface area contributed by atoms with Gasteiger partial charge in [0.15, 0.2) is 0 Å². The largest absolute Gasteiger partial charge is 0.416 e. The van der Waals surface area contributed by atoms with Gasteiger partial charge in [0.2, 0.25) is 0 Å². The molecule has 0 saturated carbocycles. The Labute approximate surface area is 190 Å². The Balaban J connectivity index is 1.43. The number of Topliss-reactive ketones (excluding diaryl/α,β-unsaturated/α-hetero) is 1. The second-order valence-corrected chi connectivity index (χ2v) is 7.81. The first kappa shape index (κ1) is 22.4. The summed E-state index contributed by atoms with van der Waals surface area (Å²) < 4.78 is 38.7. The van der Waals surface area contributed by atoms with E-state index in [4.69, 9.17) is 0 Å². The second-order valence-electron chi connectivity index (χ2n) is 7.81. The molecule has 0 aliphatic rings. The molecule has 0 atom stereocenters. The van der Waals surface area contributed by atoms with Gasteiger partial charge in [0.25, 0.3) is 0 Å². The highest BCUT2D eigenvalue weighted by molar-refractivity contribution is 5.83. The minimum absolute atomic E-state index is 0.0453. The molecule has 3 aromatic carbocycles. The van der Waals surface area contributed by atoms with Gasteiger partial charge in [0.1, 0.15) is 11.6 Å². The van der Waals surface area contributed by atoms with Crippen LogP contribution in [0.25, 0.3) is 11.3 Å². The van der Waals surface area contributed by atoms with Crippen LogP contribution in [0.2, 0.25) is 0 Å². The van der Waals surface area contributed by atoms with Gasteiger partial charge < -0.3 is 0 Å². The molecule has 1 heterocycles. The maximum absolute atomic E-state index is 12.9. The fourth-order valence-corrected chi connectivity index (χ4v) is 3.66.